The van der Waals surface area contributed by atoms with Gasteiger partial charge in [0.25, 0.3) is 0 Å². The van der Waals surface area contributed by atoms with Gasteiger partial charge in [0.15, 0.2) is 5.13 Å². The van der Waals surface area contributed by atoms with Gasteiger partial charge < -0.3 is 5.32 Å². The molecule has 2 aromatic rings. The van der Waals surface area contributed by atoms with Gasteiger partial charge in [-0.2, -0.15) is 0 Å². The molecule has 0 bridgehead atoms. The number of rotatable bonds is 3. The quantitative estimate of drug-likeness (QED) is 0.887. The van der Waals surface area contributed by atoms with Crippen LogP contribution >= 0.6 is 22.9 Å². The summed E-state index contributed by atoms with van der Waals surface area (Å²) in [4.78, 5) is 4.55. The number of hydrogen-bond donors (Lipinski definition) is 1. The van der Waals surface area contributed by atoms with Gasteiger partial charge in [-0.15, -0.1) is 0 Å². The van der Waals surface area contributed by atoms with E-state index in [1.807, 2.05) is 18.2 Å². The van der Waals surface area contributed by atoms with Crippen molar-refractivity contribution in [2.45, 2.75) is 25.8 Å². The van der Waals surface area contributed by atoms with Gasteiger partial charge in [0, 0.05) is 6.04 Å². The lowest BCUT2D eigenvalue weighted by Crippen LogP contribution is -2.16. The summed E-state index contributed by atoms with van der Waals surface area (Å²) in [5.74, 6) is 0.836. The molecule has 3 rings (SSSR count). The van der Waals surface area contributed by atoms with E-state index in [9.17, 15) is 0 Å². The van der Waals surface area contributed by atoms with E-state index in [2.05, 4.69) is 17.2 Å². The largest absolute Gasteiger partial charge is 0.359 e. The summed E-state index contributed by atoms with van der Waals surface area (Å²) in [6.45, 7) is 2.23. The van der Waals surface area contributed by atoms with Crippen LogP contribution in [0.25, 0.3) is 10.2 Å². The maximum atomic E-state index is 6.12. The van der Waals surface area contributed by atoms with E-state index in [1.54, 1.807) is 11.3 Å². The molecule has 1 aliphatic carbocycles. The number of halogens is 1. The molecule has 84 valence electrons. The van der Waals surface area contributed by atoms with Crippen LogP contribution in [-0.2, 0) is 0 Å². The molecule has 1 aromatic heterocycles. The number of fused-ring (bicyclic) bond motifs is 1. The molecule has 0 amide bonds. The highest BCUT2D eigenvalue weighted by atomic mass is 35.5. The summed E-state index contributed by atoms with van der Waals surface area (Å²) in [7, 11) is 0. The zero-order valence-corrected chi connectivity index (χ0v) is 10.6. The smallest absolute Gasteiger partial charge is 0.184 e. The van der Waals surface area contributed by atoms with E-state index in [0.717, 1.165) is 26.3 Å². The van der Waals surface area contributed by atoms with Gasteiger partial charge in [0.2, 0.25) is 0 Å². The average Bonchev–Trinajstić information content (AvgIpc) is 3.01. The molecule has 1 saturated carbocycles. The van der Waals surface area contributed by atoms with Crippen molar-refractivity contribution in [1.82, 2.24) is 4.98 Å². The molecular formula is C12H13ClN2S. The van der Waals surface area contributed by atoms with Crippen LogP contribution in [0.3, 0.4) is 0 Å². The maximum absolute atomic E-state index is 6.12. The van der Waals surface area contributed by atoms with Crippen molar-refractivity contribution in [2.24, 2.45) is 5.92 Å². The molecule has 1 heterocycles. The summed E-state index contributed by atoms with van der Waals surface area (Å²) >= 11 is 7.77. The minimum absolute atomic E-state index is 0.527. The van der Waals surface area contributed by atoms with Gasteiger partial charge >= 0.3 is 0 Å². The Hall–Kier alpha value is -0.800. The Kier molecular flexibility index (Phi) is 2.52. The van der Waals surface area contributed by atoms with Gasteiger partial charge in [-0.05, 0) is 37.8 Å². The molecule has 2 nitrogen and oxygen atoms in total. The number of thiazole rings is 1. The highest BCUT2D eigenvalue weighted by Gasteiger charge is 2.28. The van der Waals surface area contributed by atoms with Crippen molar-refractivity contribution < 1.29 is 0 Å². The highest BCUT2D eigenvalue weighted by Crippen LogP contribution is 2.36. The van der Waals surface area contributed by atoms with Crippen molar-refractivity contribution >= 4 is 38.3 Å². The van der Waals surface area contributed by atoms with E-state index in [-0.39, 0.29) is 0 Å². The minimum Gasteiger partial charge on any atom is -0.359 e. The van der Waals surface area contributed by atoms with Gasteiger partial charge in [0.05, 0.1) is 15.2 Å². The van der Waals surface area contributed by atoms with Gasteiger partial charge in [0.1, 0.15) is 0 Å². The Bertz CT molecular complexity index is 519. The third-order valence-electron chi connectivity index (χ3n) is 3.05. The van der Waals surface area contributed by atoms with E-state index in [1.165, 1.54) is 12.8 Å². The number of nitrogens with one attached hydrogen (secondary N) is 1. The molecule has 0 aliphatic heterocycles. The summed E-state index contributed by atoms with van der Waals surface area (Å²) < 4.78 is 1.08. The van der Waals surface area contributed by atoms with Crippen LogP contribution in [0.2, 0.25) is 5.02 Å². The van der Waals surface area contributed by atoms with Crippen molar-refractivity contribution in [1.29, 1.82) is 0 Å². The lowest BCUT2D eigenvalue weighted by atomic mass is 10.2. The van der Waals surface area contributed by atoms with Crippen LogP contribution in [0.5, 0.6) is 0 Å². The van der Waals surface area contributed by atoms with Gasteiger partial charge in [-0.1, -0.05) is 29.0 Å². The first-order chi connectivity index (χ1) is 7.74. The molecule has 1 fully saturated rings. The lowest BCUT2D eigenvalue weighted by Gasteiger charge is -2.10. The molecule has 1 aliphatic rings. The van der Waals surface area contributed by atoms with Crippen LogP contribution in [0.4, 0.5) is 5.13 Å². The maximum Gasteiger partial charge on any atom is 0.184 e. The van der Waals surface area contributed by atoms with E-state index in [0.29, 0.717) is 6.04 Å². The summed E-state index contributed by atoms with van der Waals surface area (Å²) in [6.07, 6.45) is 2.69. The lowest BCUT2D eigenvalue weighted by molar-refractivity contribution is 0.693. The zero-order valence-electron chi connectivity index (χ0n) is 9.03. The Morgan fingerprint density at radius 2 is 2.31 bits per heavy atom. The fourth-order valence-corrected chi connectivity index (χ4v) is 3.14. The predicted octanol–water partition coefficient (Wildman–Crippen LogP) is 4.16. The Labute approximate surface area is 104 Å². The fraction of sp³-hybridized carbons (Fsp3) is 0.417. The monoisotopic (exact) mass is 252 g/mol. The molecule has 1 atom stereocenters. The van der Waals surface area contributed by atoms with Crippen molar-refractivity contribution in [2.75, 3.05) is 5.32 Å². The van der Waals surface area contributed by atoms with Crippen LogP contribution in [0.15, 0.2) is 18.2 Å². The predicted molar refractivity (Wildman–Crippen MR) is 70.4 cm³/mol. The topological polar surface area (TPSA) is 24.9 Å². The summed E-state index contributed by atoms with van der Waals surface area (Å²) in [5, 5.41) is 5.25. The van der Waals surface area contributed by atoms with Gasteiger partial charge in [-0.3, -0.25) is 0 Å². The molecule has 0 saturated heterocycles. The molecule has 16 heavy (non-hydrogen) atoms. The number of nitrogens with zero attached hydrogens (tertiary/aromatic N) is 1. The zero-order chi connectivity index (χ0) is 11.1. The SMILES string of the molecule is CC(Nc1nc2cccc(Cl)c2s1)C1CC1. The second kappa shape index (κ2) is 3.90. The molecule has 1 N–H and O–H groups in total. The fourth-order valence-electron chi connectivity index (χ4n) is 1.89. The molecule has 1 aromatic carbocycles. The van der Waals surface area contributed by atoms with Gasteiger partial charge in [-0.25, -0.2) is 4.98 Å². The van der Waals surface area contributed by atoms with Crippen LogP contribution in [-0.4, -0.2) is 11.0 Å². The molecule has 4 heteroatoms. The number of aromatic nitrogens is 1. The first kappa shape index (κ1) is 10.4. The van der Waals surface area contributed by atoms with Crippen molar-refractivity contribution in [3.63, 3.8) is 0 Å². The minimum atomic E-state index is 0.527. The normalized spacial score (nSPS) is 17.6. The van der Waals surface area contributed by atoms with Crippen LogP contribution in [0, 0.1) is 5.92 Å². The first-order valence-electron chi connectivity index (χ1n) is 5.55. The second-order valence-electron chi connectivity index (χ2n) is 4.38. The number of benzene rings is 1. The van der Waals surface area contributed by atoms with E-state index in [4.69, 9.17) is 11.6 Å². The summed E-state index contributed by atoms with van der Waals surface area (Å²) in [6, 6.07) is 6.39. The molecule has 0 spiro atoms. The second-order valence-corrected chi connectivity index (χ2v) is 5.78. The average molecular weight is 253 g/mol. The van der Waals surface area contributed by atoms with Crippen molar-refractivity contribution in [3.05, 3.63) is 23.2 Å². The molecular weight excluding hydrogens is 240 g/mol. The number of hydrogen-bond acceptors (Lipinski definition) is 3. The van der Waals surface area contributed by atoms with Crippen molar-refractivity contribution in [3.8, 4) is 0 Å². The first-order valence-corrected chi connectivity index (χ1v) is 6.75. The Morgan fingerprint density at radius 1 is 1.50 bits per heavy atom. The third kappa shape index (κ3) is 1.89. The van der Waals surface area contributed by atoms with E-state index >= 15 is 0 Å². The third-order valence-corrected chi connectivity index (χ3v) is 4.51. The van der Waals surface area contributed by atoms with Crippen LogP contribution < -0.4 is 5.32 Å². The number of anilines is 1. The highest BCUT2D eigenvalue weighted by molar-refractivity contribution is 7.22. The standard InChI is InChI=1S/C12H13ClN2S/c1-7(8-5-6-8)14-12-15-10-4-2-3-9(13)11(10)16-12/h2-4,7-8H,5-6H2,1H3,(H,14,15). The molecule has 0 radical (unpaired) electrons. The Balaban J connectivity index is 1.89. The Morgan fingerprint density at radius 3 is 3.00 bits per heavy atom. The molecule has 1 unspecified atom stereocenters. The summed E-state index contributed by atoms with van der Waals surface area (Å²) in [5.41, 5.74) is 0.989. The van der Waals surface area contributed by atoms with Crippen LogP contribution in [0.1, 0.15) is 19.8 Å². The van der Waals surface area contributed by atoms with E-state index < -0.39 is 0 Å².